The lowest BCUT2D eigenvalue weighted by Crippen LogP contribution is -2.45. The van der Waals surface area contributed by atoms with Crippen molar-refractivity contribution in [3.63, 3.8) is 0 Å². The van der Waals surface area contributed by atoms with E-state index in [2.05, 4.69) is 43.0 Å². The summed E-state index contributed by atoms with van der Waals surface area (Å²) in [6.45, 7) is 6.75. The molecule has 1 aliphatic rings. The molecule has 0 spiro atoms. The minimum absolute atomic E-state index is 0.405. The van der Waals surface area contributed by atoms with Crippen molar-refractivity contribution >= 4 is 0 Å². The number of hydrogen-bond acceptors (Lipinski definition) is 2. The molecular weight excluding hydrogens is 208 g/mol. The average molecular weight is 232 g/mol. The highest BCUT2D eigenvalue weighted by atomic mass is 15.2. The van der Waals surface area contributed by atoms with Gasteiger partial charge in [0, 0.05) is 25.2 Å². The van der Waals surface area contributed by atoms with Crippen LogP contribution in [0.1, 0.15) is 37.8 Å². The minimum Gasteiger partial charge on any atom is -0.328 e. The standard InChI is InChI=1S/C15H24N2/c1-3-13-6-4-5-7-14(13)11-17-9-8-15(16)10-12(17)2/h4-7,12,15H,3,8-11,16H2,1-2H3. The van der Waals surface area contributed by atoms with Crippen molar-refractivity contribution in [2.24, 2.45) is 5.73 Å². The second-order valence-corrected chi connectivity index (χ2v) is 5.23. The Balaban J connectivity index is 2.05. The molecule has 1 fully saturated rings. The van der Waals surface area contributed by atoms with Gasteiger partial charge in [0.05, 0.1) is 0 Å². The number of benzene rings is 1. The summed E-state index contributed by atoms with van der Waals surface area (Å²) in [6.07, 6.45) is 3.39. The lowest BCUT2D eigenvalue weighted by molar-refractivity contribution is 0.139. The first kappa shape index (κ1) is 12.6. The normalized spacial score (nSPS) is 26.1. The molecule has 94 valence electrons. The maximum atomic E-state index is 6.01. The first-order valence-corrected chi connectivity index (χ1v) is 6.77. The monoisotopic (exact) mass is 232 g/mol. The maximum absolute atomic E-state index is 6.01. The van der Waals surface area contributed by atoms with E-state index in [9.17, 15) is 0 Å². The Morgan fingerprint density at radius 1 is 1.29 bits per heavy atom. The number of likely N-dealkylation sites (tertiary alicyclic amines) is 1. The molecule has 0 amide bonds. The van der Waals surface area contributed by atoms with Crippen LogP contribution in [0, 0.1) is 0 Å². The Bertz CT molecular complexity index is 362. The summed E-state index contributed by atoms with van der Waals surface area (Å²) in [6, 6.07) is 9.81. The van der Waals surface area contributed by atoms with E-state index >= 15 is 0 Å². The molecule has 1 saturated heterocycles. The molecule has 0 saturated carbocycles. The van der Waals surface area contributed by atoms with Crippen LogP contribution in [0.15, 0.2) is 24.3 Å². The van der Waals surface area contributed by atoms with Crippen LogP contribution in [-0.4, -0.2) is 23.5 Å². The molecule has 2 atom stereocenters. The van der Waals surface area contributed by atoms with Crippen LogP contribution in [0.2, 0.25) is 0 Å². The summed E-state index contributed by atoms with van der Waals surface area (Å²) in [5.74, 6) is 0. The van der Waals surface area contributed by atoms with E-state index in [-0.39, 0.29) is 0 Å². The van der Waals surface area contributed by atoms with Gasteiger partial charge < -0.3 is 5.73 Å². The van der Waals surface area contributed by atoms with E-state index in [1.807, 2.05) is 0 Å². The summed E-state index contributed by atoms with van der Waals surface area (Å²) in [5, 5.41) is 0. The predicted molar refractivity (Wildman–Crippen MR) is 72.9 cm³/mol. The van der Waals surface area contributed by atoms with Gasteiger partial charge in [0.1, 0.15) is 0 Å². The summed E-state index contributed by atoms with van der Waals surface area (Å²) in [4.78, 5) is 2.57. The molecule has 17 heavy (non-hydrogen) atoms. The molecule has 1 aromatic carbocycles. The lowest BCUT2D eigenvalue weighted by atomic mass is 9.97. The van der Waals surface area contributed by atoms with Crippen molar-refractivity contribution in [3.05, 3.63) is 35.4 Å². The molecule has 1 aromatic rings. The number of nitrogens with zero attached hydrogens (tertiary/aromatic N) is 1. The first-order valence-electron chi connectivity index (χ1n) is 6.77. The molecule has 0 radical (unpaired) electrons. The number of nitrogens with two attached hydrogens (primary N) is 1. The lowest BCUT2D eigenvalue weighted by Gasteiger charge is -2.36. The number of hydrogen-bond donors (Lipinski definition) is 1. The zero-order valence-electron chi connectivity index (χ0n) is 11.0. The zero-order chi connectivity index (χ0) is 12.3. The van der Waals surface area contributed by atoms with Crippen LogP contribution >= 0.6 is 0 Å². The van der Waals surface area contributed by atoms with Gasteiger partial charge in [-0.25, -0.2) is 0 Å². The second kappa shape index (κ2) is 5.65. The van der Waals surface area contributed by atoms with Crippen LogP contribution in [0.3, 0.4) is 0 Å². The largest absolute Gasteiger partial charge is 0.328 e. The second-order valence-electron chi connectivity index (χ2n) is 5.23. The molecule has 1 heterocycles. The molecule has 0 bridgehead atoms. The maximum Gasteiger partial charge on any atom is 0.0239 e. The Labute approximate surface area is 105 Å². The number of aryl methyl sites for hydroxylation is 1. The molecule has 0 aromatic heterocycles. The average Bonchev–Trinajstić information content (AvgIpc) is 2.33. The van der Waals surface area contributed by atoms with Crippen molar-refractivity contribution in [1.82, 2.24) is 4.90 Å². The van der Waals surface area contributed by atoms with Crippen molar-refractivity contribution in [1.29, 1.82) is 0 Å². The number of piperidine rings is 1. The Morgan fingerprint density at radius 2 is 2.00 bits per heavy atom. The zero-order valence-corrected chi connectivity index (χ0v) is 11.0. The van der Waals surface area contributed by atoms with E-state index in [0.717, 1.165) is 32.4 Å². The third-order valence-electron chi connectivity index (χ3n) is 3.93. The molecule has 1 aliphatic heterocycles. The van der Waals surface area contributed by atoms with Gasteiger partial charge in [-0.2, -0.15) is 0 Å². The van der Waals surface area contributed by atoms with Gasteiger partial charge in [0.25, 0.3) is 0 Å². The third-order valence-corrected chi connectivity index (χ3v) is 3.93. The Kier molecular flexibility index (Phi) is 4.19. The smallest absolute Gasteiger partial charge is 0.0239 e. The predicted octanol–water partition coefficient (Wildman–Crippen LogP) is 2.56. The fourth-order valence-corrected chi connectivity index (χ4v) is 2.77. The number of rotatable bonds is 3. The molecule has 2 nitrogen and oxygen atoms in total. The van der Waals surface area contributed by atoms with Crippen LogP contribution in [-0.2, 0) is 13.0 Å². The molecule has 2 unspecified atom stereocenters. The fraction of sp³-hybridized carbons (Fsp3) is 0.600. The quantitative estimate of drug-likeness (QED) is 0.868. The third kappa shape index (κ3) is 3.08. The van der Waals surface area contributed by atoms with Gasteiger partial charge >= 0.3 is 0 Å². The van der Waals surface area contributed by atoms with Gasteiger partial charge in [0.15, 0.2) is 0 Å². The van der Waals surface area contributed by atoms with Crippen LogP contribution in [0.25, 0.3) is 0 Å². The van der Waals surface area contributed by atoms with Gasteiger partial charge in [-0.1, -0.05) is 31.2 Å². The van der Waals surface area contributed by atoms with Gasteiger partial charge in [-0.3, -0.25) is 4.90 Å². The Hall–Kier alpha value is -0.860. The van der Waals surface area contributed by atoms with E-state index in [4.69, 9.17) is 5.73 Å². The van der Waals surface area contributed by atoms with Gasteiger partial charge in [-0.05, 0) is 37.3 Å². The first-order chi connectivity index (χ1) is 8.20. The summed E-state index contributed by atoms with van der Waals surface area (Å²) in [5.41, 5.74) is 8.97. The van der Waals surface area contributed by atoms with E-state index in [1.54, 1.807) is 0 Å². The van der Waals surface area contributed by atoms with Crippen molar-refractivity contribution < 1.29 is 0 Å². The summed E-state index contributed by atoms with van der Waals surface area (Å²) < 4.78 is 0. The van der Waals surface area contributed by atoms with Crippen molar-refractivity contribution in [2.45, 2.75) is 51.7 Å². The van der Waals surface area contributed by atoms with E-state index in [1.165, 1.54) is 11.1 Å². The van der Waals surface area contributed by atoms with Crippen molar-refractivity contribution in [2.75, 3.05) is 6.54 Å². The molecule has 2 rings (SSSR count). The van der Waals surface area contributed by atoms with Crippen molar-refractivity contribution in [3.8, 4) is 0 Å². The highest BCUT2D eigenvalue weighted by Crippen LogP contribution is 2.20. The fourth-order valence-electron chi connectivity index (χ4n) is 2.77. The van der Waals surface area contributed by atoms with Crippen LogP contribution < -0.4 is 5.73 Å². The summed E-state index contributed by atoms with van der Waals surface area (Å²) in [7, 11) is 0. The molecular formula is C15H24N2. The highest BCUT2D eigenvalue weighted by Gasteiger charge is 2.23. The molecule has 2 heteroatoms. The van der Waals surface area contributed by atoms with Crippen LogP contribution in [0.4, 0.5) is 0 Å². The Morgan fingerprint density at radius 3 is 2.65 bits per heavy atom. The topological polar surface area (TPSA) is 29.3 Å². The highest BCUT2D eigenvalue weighted by molar-refractivity contribution is 5.27. The van der Waals surface area contributed by atoms with Crippen LogP contribution in [0.5, 0.6) is 0 Å². The van der Waals surface area contributed by atoms with E-state index in [0.29, 0.717) is 12.1 Å². The van der Waals surface area contributed by atoms with Gasteiger partial charge in [-0.15, -0.1) is 0 Å². The van der Waals surface area contributed by atoms with Gasteiger partial charge in [0.2, 0.25) is 0 Å². The van der Waals surface area contributed by atoms with E-state index < -0.39 is 0 Å². The minimum atomic E-state index is 0.405. The molecule has 2 N–H and O–H groups in total. The molecule has 0 aliphatic carbocycles. The SMILES string of the molecule is CCc1ccccc1CN1CCC(N)CC1C. The summed E-state index contributed by atoms with van der Waals surface area (Å²) >= 11 is 0.